The monoisotopic (exact) mass is 359 g/mol. The van der Waals surface area contributed by atoms with E-state index in [9.17, 15) is 9.59 Å². The van der Waals surface area contributed by atoms with Crippen molar-refractivity contribution in [3.8, 4) is 0 Å². The Morgan fingerprint density at radius 1 is 1.15 bits per heavy atom. The molecule has 0 radical (unpaired) electrons. The van der Waals surface area contributed by atoms with Crippen LogP contribution in [0, 0.1) is 5.92 Å². The highest BCUT2D eigenvalue weighted by Crippen LogP contribution is 2.30. The second-order valence-electron chi connectivity index (χ2n) is 7.47. The topological polar surface area (TPSA) is 84.2 Å². The first-order valence-corrected chi connectivity index (χ1v) is 9.91. The number of rotatable bonds is 8. The van der Waals surface area contributed by atoms with Crippen LogP contribution in [0.3, 0.4) is 0 Å². The molecule has 26 heavy (non-hydrogen) atoms. The fourth-order valence-electron chi connectivity index (χ4n) is 3.59. The van der Waals surface area contributed by atoms with E-state index in [1.807, 2.05) is 37.3 Å². The molecule has 0 aliphatic heterocycles. The van der Waals surface area contributed by atoms with Crippen LogP contribution in [0.5, 0.6) is 0 Å². The summed E-state index contributed by atoms with van der Waals surface area (Å²) in [5.74, 6) is -0.590. The number of hydrogen-bond donors (Lipinski definition) is 3. The Hall–Kier alpha value is -1.88. The standard InChI is InChI=1S/C21H33N3O2/c1-3-4-15-23-20(26)21(13-9-6-10-14-21)24-19(25)16(2)18(22)17-11-7-5-8-12-17/h5,7-8,11-12,16,18H,3-4,6,9-10,13-15,22H2,1-2H3,(H,23,26)(H,24,25). The van der Waals surface area contributed by atoms with Crippen LogP contribution in [-0.2, 0) is 9.59 Å². The second kappa shape index (κ2) is 9.72. The number of hydrogen-bond acceptors (Lipinski definition) is 3. The molecule has 1 aliphatic rings. The fraction of sp³-hybridized carbons (Fsp3) is 0.619. The molecule has 0 aromatic heterocycles. The molecule has 1 aromatic carbocycles. The molecule has 0 spiro atoms. The lowest BCUT2D eigenvalue weighted by Crippen LogP contribution is -2.61. The number of nitrogens with two attached hydrogens (primary N) is 1. The lowest BCUT2D eigenvalue weighted by Gasteiger charge is -2.38. The summed E-state index contributed by atoms with van der Waals surface area (Å²) in [6.07, 6.45) is 6.40. The summed E-state index contributed by atoms with van der Waals surface area (Å²) >= 11 is 0. The van der Waals surface area contributed by atoms with Gasteiger partial charge in [0.25, 0.3) is 0 Å². The summed E-state index contributed by atoms with van der Waals surface area (Å²) in [4.78, 5) is 25.7. The minimum atomic E-state index is -0.784. The first-order chi connectivity index (χ1) is 12.5. The molecule has 4 N–H and O–H groups in total. The Kier molecular flexibility index (Phi) is 7.64. The lowest BCUT2D eigenvalue weighted by molar-refractivity contribution is -0.137. The summed E-state index contributed by atoms with van der Waals surface area (Å²) in [6.45, 7) is 4.58. The zero-order chi connectivity index (χ0) is 19.0. The summed E-state index contributed by atoms with van der Waals surface area (Å²) in [5, 5.41) is 6.09. The van der Waals surface area contributed by atoms with Crippen LogP contribution in [0.4, 0.5) is 0 Å². The highest BCUT2D eigenvalue weighted by Gasteiger charge is 2.41. The van der Waals surface area contributed by atoms with Crippen molar-refractivity contribution in [2.24, 2.45) is 11.7 Å². The van der Waals surface area contributed by atoms with Crippen molar-refractivity contribution < 1.29 is 9.59 Å². The first kappa shape index (κ1) is 20.4. The van der Waals surface area contributed by atoms with Gasteiger partial charge in [-0.15, -0.1) is 0 Å². The van der Waals surface area contributed by atoms with Crippen molar-refractivity contribution in [2.75, 3.05) is 6.54 Å². The lowest BCUT2D eigenvalue weighted by atomic mass is 9.80. The molecular weight excluding hydrogens is 326 g/mol. The number of carbonyl (C=O) groups is 2. The molecule has 1 aromatic rings. The van der Waals surface area contributed by atoms with Gasteiger partial charge in [0, 0.05) is 12.6 Å². The molecule has 2 amide bonds. The first-order valence-electron chi connectivity index (χ1n) is 9.91. The minimum absolute atomic E-state index is 0.0421. The normalized spacial score (nSPS) is 18.6. The van der Waals surface area contributed by atoms with E-state index in [-0.39, 0.29) is 17.9 Å². The summed E-state index contributed by atoms with van der Waals surface area (Å²) in [5.41, 5.74) is 6.45. The number of unbranched alkanes of at least 4 members (excludes halogenated alkanes) is 1. The molecule has 2 atom stereocenters. The molecule has 2 unspecified atom stereocenters. The van der Waals surface area contributed by atoms with Gasteiger partial charge in [-0.2, -0.15) is 0 Å². The van der Waals surface area contributed by atoms with Crippen LogP contribution < -0.4 is 16.4 Å². The Morgan fingerprint density at radius 3 is 2.42 bits per heavy atom. The van der Waals surface area contributed by atoms with Crippen LogP contribution in [-0.4, -0.2) is 23.9 Å². The quantitative estimate of drug-likeness (QED) is 0.624. The fourth-order valence-corrected chi connectivity index (χ4v) is 3.59. The number of nitrogens with one attached hydrogen (secondary N) is 2. The maximum atomic E-state index is 12.9. The van der Waals surface area contributed by atoms with Crippen molar-refractivity contribution in [3.63, 3.8) is 0 Å². The SMILES string of the molecule is CCCCNC(=O)C1(NC(=O)C(C)C(N)c2ccccc2)CCCCC1. The summed E-state index contributed by atoms with van der Waals surface area (Å²) in [6, 6.07) is 9.25. The van der Waals surface area contributed by atoms with Gasteiger partial charge in [-0.3, -0.25) is 9.59 Å². The average Bonchev–Trinajstić information content (AvgIpc) is 2.68. The van der Waals surface area contributed by atoms with Crippen LogP contribution in [0.2, 0.25) is 0 Å². The van der Waals surface area contributed by atoms with E-state index in [0.29, 0.717) is 19.4 Å². The zero-order valence-electron chi connectivity index (χ0n) is 16.1. The van der Waals surface area contributed by atoms with Gasteiger partial charge in [-0.05, 0) is 24.8 Å². The van der Waals surface area contributed by atoms with E-state index in [1.165, 1.54) is 0 Å². The van der Waals surface area contributed by atoms with Crippen molar-refractivity contribution in [1.82, 2.24) is 10.6 Å². The van der Waals surface area contributed by atoms with E-state index in [1.54, 1.807) is 0 Å². The number of amides is 2. The van der Waals surface area contributed by atoms with Gasteiger partial charge in [0.2, 0.25) is 11.8 Å². The van der Waals surface area contributed by atoms with Crippen LogP contribution in [0.25, 0.3) is 0 Å². The van der Waals surface area contributed by atoms with Gasteiger partial charge < -0.3 is 16.4 Å². The van der Waals surface area contributed by atoms with Gasteiger partial charge >= 0.3 is 0 Å². The van der Waals surface area contributed by atoms with E-state index in [4.69, 9.17) is 5.73 Å². The Morgan fingerprint density at radius 2 is 1.81 bits per heavy atom. The molecule has 1 fully saturated rings. The van der Waals surface area contributed by atoms with Gasteiger partial charge in [0.1, 0.15) is 5.54 Å². The van der Waals surface area contributed by atoms with E-state index in [2.05, 4.69) is 17.6 Å². The van der Waals surface area contributed by atoms with Gasteiger partial charge in [0.15, 0.2) is 0 Å². The molecule has 0 saturated heterocycles. The van der Waals surface area contributed by atoms with E-state index >= 15 is 0 Å². The molecule has 5 nitrogen and oxygen atoms in total. The van der Waals surface area contributed by atoms with Crippen LogP contribution in [0.15, 0.2) is 30.3 Å². The Balaban J connectivity index is 2.06. The third kappa shape index (κ3) is 5.07. The number of carbonyl (C=O) groups excluding carboxylic acids is 2. The highest BCUT2D eigenvalue weighted by molar-refractivity contribution is 5.92. The van der Waals surface area contributed by atoms with Crippen molar-refractivity contribution in [2.45, 2.75) is 70.4 Å². The average molecular weight is 360 g/mol. The molecule has 1 saturated carbocycles. The minimum Gasteiger partial charge on any atom is -0.354 e. The van der Waals surface area contributed by atoms with Crippen molar-refractivity contribution in [3.05, 3.63) is 35.9 Å². The molecule has 5 heteroatoms. The van der Waals surface area contributed by atoms with Gasteiger partial charge in [-0.25, -0.2) is 0 Å². The summed E-state index contributed by atoms with van der Waals surface area (Å²) < 4.78 is 0. The number of benzene rings is 1. The molecule has 2 rings (SSSR count). The largest absolute Gasteiger partial charge is 0.354 e. The Labute approximate surface area is 157 Å². The highest BCUT2D eigenvalue weighted by atomic mass is 16.2. The van der Waals surface area contributed by atoms with Crippen LogP contribution >= 0.6 is 0 Å². The second-order valence-corrected chi connectivity index (χ2v) is 7.47. The molecule has 0 heterocycles. The Bertz CT molecular complexity index is 582. The maximum absolute atomic E-state index is 12.9. The van der Waals surface area contributed by atoms with Crippen LogP contribution in [0.1, 0.15) is 70.4 Å². The molecule has 1 aliphatic carbocycles. The van der Waals surface area contributed by atoms with Gasteiger partial charge in [-0.1, -0.05) is 69.9 Å². The smallest absolute Gasteiger partial charge is 0.245 e. The predicted octanol–water partition coefficient (Wildman–Crippen LogP) is 3.06. The molecule has 144 valence electrons. The van der Waals surface area contributed by atoms with E-state index in [0.717, 1.165) is 37.7 Å². The van der Waals surface area contributed by atoms with E-state index < -0.39 is 11.5 Å². The van der Waals surface area contributed by atoms with Crippen molar-refractivity contribution in [1.29, 1.82) is 0 Å². The molecule has 0 bridgehead atoms. The molecular formula is C21H33N3O2. The van der Waals surface area contributed by atoms with Crippen molar-refractivity contribution >= 4 is 11.8 Å². The van der Waals surface area contributed by atoms with Gasteiger partial charge in [0.05, 0.1) is 5.92 Å². The predicted molar refractivity (Wildman–Crippen MR) is 104 cm³/mol. The third-order valence-electron chi connectivity index (χ3n) is 5.46. The zero-order valence-corrected chi connectivity index (χ0v) is 16.1. The third-order valence-corrected chi connectivity index (χ3v) is 5.46. The summed E-state index contributed by atoms with van der Waals surface area (Å²) in [7, 11) is 0. The maximum Gasteiger partial charge on any atom is 0.245 e.